The Morgan fingerprint density at radius 3 is 2.13 bits per heavy atom. The number of benzene rings is 2. The molecule has 0 radical (unpaired) electrons. The fourth-order valence-electron chi connectivity index (χ4n) is 3.07. The van der Waals surface area contributed by atoms with E-state index in [0.29, 0.717) is 5.02 Å². The molecule has 0 aliphatic heterocycles. The summed E-state index contributed by atoms with van der Waals surface area (Å²) in [7, 11) is 0. The average molecular weight is 445 g/mol. The summed E-state index contributed by atoms with van der Waals surface area (Å²) in [6.07, 6.45) is 0.903. The number of aryl methyl sites for hydroxylation is 1. The van der Waals surface area contributed by atoms with Gasteiger partial charge in [0, 0.05) is 10.4 Å². The number of aliphatic hydroxyl groups is 1. The Bertz CT molecular complexity index is 1090. The van der Waals surface area contributed by atoms with Crippen LogP contribution in [0, 0.1) is 17.9 Å². The number of carboxylic acid groups (broad SMARTS) is 1. The van der Waals surface area contributed by atoms with Crippen LogP contribution in [0.5, 0.6) is 0 Å². The Kier molecular flexibility index (Phi) is 9.55. The zero-order chi connectivity index (χ0) is 23.8. The zero-order valence-corrected chi connectivity index (χ0v) is 19.2. The van der Waals surface area contributed by atoms with E-state index < -0.39 is 5.60 Å². The van der Waals surface area contributed by atoms with Gasteiger partial charge in [-0.3, -0.25) is 10.2 Å². The number of nitrogens with zero attached hydrogens (tertiary/aromatic N) is 2. The number of hydrogen-bond donors (Lipinski definition) is 4. The summed E-state index contributed by atoms with van der Waals surface area (Å²) in [6, 6.07) is 13.4. The molecule has 0 saturated carbocycles. The van der Waals surface area contributed by atoms with Crippen LogP contribution in [0.3, 0.4) is 0 Å². The number of halogens is 1. The van der Waals surface area contributed by atoms with Crippen LogP contribution >= 0.6 is 11.6 Å². The van der Waals surface area contributed by atoms with E-state index in [1.54, 1.807) is 26.8 Å². The van der Waals surface area contributed by atoms with E-state index in [0.717, 1.165) is 34.0 Å². The minimum atomic E-state index is -0.500. The Hall–Kier alpha value is -3.03. The number of fused-ring (bicyclic) bond motifs is 1. The molecule has 7 nitrogen and oxygen atoms in total. The molecule has 0 unspecified atom stereocenters. The molecule has 0 amide bonds. The van der Waals surface area contributed by atoms with Crippen molar-refractivity contribution in [3.63, 3.8) is 0 Å². The van der Waals surface area contributed by atoms with Crippen molar-refractivity contribution < 1.29 is 15.0 Å². The van der Waals surface area contributed by atoms with E-state index >= 15 is 0 Å². The molecule has 1 aromatic heterocycles. The molecular weight excluding hydrogens is 416 g/mol. The molecule has 0 fully saturated rings. The third-order valence-electron chi connectivity index (χ3n) is 4.13. The van der Waals surface area contributed by atoms with Crippen molar-refractivity contribution in [2.45, 2.75) is 46.6 Å². The Balaban J connectivity index is 0.000000519. The van der Waals surface area contributed by atoms with Crippen molar-refractivity contribution in [3.05, 3.63) is 64.1 Å². The zero-order valence-electron chi connectivity index (χ0n) is 18.4. The quantitative estimate of drug-likeness (QED) is 0.311. The lowest BCUT2D eigenvalue weighted by molar-refractivity contribution is -0.122. The lowest BCUT2D eigenvalue weighted by atomic mass is 9.90. The Labute approximate surface area is 186 Å². The summed E-state index contributed by atoms with van der Waals surface area (Å²) in [5, 5.41) is 28.6. The highest BCUT2D eigenvalue weighted by atomic mass is 35.5. The van der Waals surface area contributed by atoms with Gasteiger partial charge in [0.15, 0.2) is 0 Å². The first-order chi connectivity index (χ1) is 14.5. The molecule has 0 spiro atoms. The van der Waals surface area contributed by atoms with Crippen LogP contribution in [0.2, 0.25) is 5.02 Å². The van der Waals surface area contributed by atoms with Crippen LogP contribution in [-0.2, 0) is 11.2 Å². The second-order valence-corrected chi connectivity index (χ2v) is 8.18. The highest BCUT2D eigenvalue weighted by Crippen LogP contribution is 2.35. The highest BCUT2D eigenvalue weighted by molar-refractivity contribution is 6.30. The average Bonchev–Trinajstić information content (AvgIpc) is 2.67. The number of rotatable bonds is 3. The second-order valence-electron chi connectivity index (χ2n) is 7.75. The molecule has 1 heterocycles. The lowest BCUT2D eigenvalue weighted by Crippen LogP contribution is -2.15. The first-order valence-electron chi connectivity index (χ1n) is 9.65. The van der Waals surface area contributed by atoms with Gasteiger partial charge in [-0.25, -0.2) is 0 Å². The van der Waals surface area contributed by atoms with E-state index in [1.165, 1.54) is 10.2 Å². The first kappa shape index (κ1) is 26.0. The maximum absolute atomic E-state index is 8.52. The van der Waals surface area contributed by atoms with Crippen molar-refractivity contribution in [1.82, 2.24) is 4.68 Å². The summed E-state index contributed by atoms with van der Waals surface area (Å²) < 4.78 is 1.35. The summed E-state index contributed by atoms with van der Waals surface area (Å²) in [4.78, 5) is 8.36. The van der Waals surface area contributed by atoms with E-state index in [2.05, 4.69) is 19.1 Å². The number of nitrogens with one attached hydrogen (secondary N) is 2. The second kappa shape index (κ2) is 11.4. The van der Waals surface area contributed by atoms with E-state index in [4.69, 9.17) is 37.5 Å². The van der Waals surface area contributed by atoms with Crippen LogP contribution in [0.25, 0.3) is 22.0 Å². The molecule has 0 aliphatic rings. The van der Waals surface area contributed by atoms with Crippen molar-refractivity contribution in [1.29, 1.82) is 10.9 Å². The fraction of sp³-hybridized carbons (Fsp3) is 0.304. The predicted molar refractivity (Wildman–Crippen MR) is 124 cm³/mol. The SMILES string of the molecule is CC(C)(C)O.CCc1c(C)cc2c(ccc(=N)n2N=N)c1-c1ccc(Cl)cc1.O=CO. The molecule has 3 aromatic rings. The van der Waals surface area contributed by atoms with E-state index in [-0.39, 0.29) is 12.0 Å². The maximum Gasteiger partial charge on any atom is 0.290 e. The fourth-order valence-corrected chi connectivity index (χ4v) is 3.20. The topological polar surface area (TPSA) is 123 Å². The van der Waals surface area contributed by atoms with Gasteiger partial charge in [-0.1, -0.05) is 35.9 Å². The first-order valence-corrected chi connectivity index (χ1v) is 10.0. The van der Waals surface area contributed by atoms with Gasteiger partial charge in [0.25, 0.3) is 6.47 Å². The van der Waals surface area contributed by atoms with Crippen molar-refractivity contribution >= 4 is 29.0 Å². The number of hydrogen-bond acceptors (Lipinski definition) is 5. The minimum absolute atomic E-state index is 0.193. The van der Waals surface area contributed by atoms with Crippen molar-refractivity contribution in [2.24, 2.45) is 5.22 Å². The molecule has 8 heteroatoms. The molecule has 0 bridgehead atoms. The van der Waals surface area contributed by atoms with Crippen molar-refractivity contribution in [3.8, 4) is 11.1 Å². The third-order valence-corrected chi connectivity index (χ3v) is 4.38. The monoisotopic (exact) mass is 444 g/mol. The minimum Gasteiger partial charge on any atom is -0.483 e. The molecule has 0 atom stereocenters. The summed E-state index contributed by atoms with van der Waals surface area (Å²) >= 11 is 6.02. The lowest BCUT2D eigenvalue weighted by Gasteiger charge is -2.17. The summed E-state index contributed by atoms with van der Waals surface area (Å²) in [5.41, 5.74) is 12.4. The van der Waals surface area contributed by atoms with Crippen LogP contribution in [-0.4, -0.2) is 27.0 Å². The van der Waals surface area contributed by atoms with Gasteiger partial charge in [-0.2, -0.15) is 10.2 Å². The molecule has 2 aromatic carbocycles. The molecule has 0 aliphatic carbocycles. The summed E-state index contributed by atoms with van der Waals surface area (Å²) in [5.74, 6) is 0. The maximum atomic E-state index is 8.52. The molecule has 31 heavy (non-hydrogen) atoms. The molecular formula is C23H29ClN4O3. The van der Waals surface area contributed by atoms with Gasteiger partial charge in [0.05, 0.1) is 11.1 Å². The van der Waals surface area contributed by atoms with Gasteiger partial charge in [0.2, 0.25) is 0 Å². The normalized spacial score (nSPS) is 10.4. The number of aromatic nitrogens is 1. The largest absolute Gasteiger partial charge is 0.483 e. The van der Waals surface area contributed by atoms with Gasteiger partial charge < -0.3 is 10.2 Å². The molecule has 166 valence electrons. The third kappa shape index (κ3) is 7.31. The van der Waals surface area contributed by atoms with Crippen LogP contribution in [0.1, 0.15) is 38.8 Å². The number of carbonyl (C=O) groups is 1. The summed E-state index contributed by atoms with van der Waals surface area (Å²) in [6.45, 7) is 9.17. The smallest absolute Gasteiger partial charge is 0.290 e. The van der Waals surface area contributed by atoms with Crippen LogP contribution < -0.4 is 5.49 Å². The van der Waals surface area contributed by atoms with Crippen molar-refractivity contribution in [2.75, 3.05) is 0 Å². The number of pyridine rings is 1. The van der Waals surface area contributed by atoms with E-state index in [9.17, 15) is 0 Å². The Morgan fingerprint density at radius 1 is 1.16 bits per heavy atom. The van der Waals surface area contributed by atoms with E-state index in [1.807, 2.05) is 36.4 Å². The Morgan fingerprint density at radius 2 is 1.68 bits per heavy atom. The predicted octanol–water partition coefficient (Wildman–Crippen LogP) is 5.58. The van der Waals surface area contributed by atoms with Gasteiger partial charge >= 0.3 is 0 Å². The molecule has 0 saturated heterocycles. The highest BCUT2D eigenvalue weighted by Gasteiger charge is 2.14. The van der Waals surface area contributed by atoms with Gasteiger partial charge in [0.1, 0.15) is 5.49 Å². The molecule has 3 rings (SSSR count). The van der Waals surface area contributed by atoms with Crippen LogP contribution in [0.4, 0.5) is 0 Å². The van der Waals surface area contributed by atoms with Crippen LogP contribution in [0.15, 0.2) is 47.7 Å². The standard InChI is InChI=1S/C18H17ClN4.C4H10O.CH2O2/c1-3-14-11(2)10-16-15(8-9-17(20)23(16)22-21)18(14)12-4-6-13(19)7-5-12;1-4(2,3)5;2-1-3/h4-10,20-21H,3H2,1-2H3;5H,1-3H3;1H,(H,2,3). The van der Waals surface area contributed by atoms with Gasteiger partial charge in [-0.05, 0) is 86.7 Å². The van der Waals surface area contributed by atoms with Gasteiger partial charge in [-0.15, -0.1) is 0 Å². The molecule has 4 N–H and O–H groups in total.